The van der Waals surface area contributed by atoms with Crippen LogP contribution in [0.25, 0.3) is 0 Å². The van der Waals surface area contributed by atoms with E-state index in [0.29, 0.717) is 0 Å². The number of aromatic nitrogens is 1. The highest BCUT2D eigenvalue weighted by molar-refractivity contribution is 14.0. The van der Waals surface area contributed by atoms with Crippen molar-refractivity contribution >= 4 is 29.7 Å². The molecule has 0 aliphatic carbocycles. The van der Waals surface area contributed by atoms with Crippen molar-refractivity contribution in [1.29, 1.82) is 0 Å². The highest BCUT2D eigenvalue weighted by Crippen LogP contribution is 2.12. The van der Waals surface area contributed by atoms with Crippen LogP contribution in [0.5, 0.6) is 0 Å². The molecule has 0 saturated heterocycles. The van der Waals surface area contributed by atoms with Gasteiger partial charge in [-0.3, -0.25) is 9.47 Å². The highest BCUT2D eigenvalue weighted by Gasteiger charge is 2.09. The molecule has 1 rings (SSSR count). The van der Waals surface area contributed by atoms with Crippen LogP contribution in [0.15, 0.2) is 24.5 Å². The third-order valence-corrected chi connectivity index (χ3v) is 1.44. The molecule has 0 bridgehead atoms. The molecule has 0 fully saturated rings. The van der Waals surface area contributed by atoms with Crippen LogP contribution in [0.4, 0.5) is 5.69 Å². The molecule has 1 aromatic rings. The average Bonchev–Trinajstić information content (AvgIpc) is 1.88. The molecular weight excluding hydrogens is 265 g/mol. The van der Waals surface area contributed by atoms with E-state index in [1.165, 1.54) is 5.69 Å². The largest absolute Gasteiger partial charge is 0.344 e. The van der Waals surface area contributed by atoms with Crippen molar-refractivity contribution in [2.75, 3.05) is 21.1 Å². The Morgan fingerprint density at radius 2 is 1.50 bits per heavy atom. The van der Waals surface area contributed by atoms with E-state index in [1.54, 1.807) is 0 Å². The predicted octanol–water partition coefficient (Wildman–Crippen LogP) is 2.06. The molecule has 1 aromatic heterocycles. The molecule has 0 aliphatic heterocycles. The van der Waals surface area contributed by atoms with Crippen molar-refractivity contribution in [2.24, 2.45) is 0 Å². The van der Waals surface area contributed by atoms with Crippen LogP contribution in [0.2, 0.25) is 0 Å². The first-order chi connectivity index (χ1) is 4.61. The lowest BCUT2D eigenvalue weighted by Gasteiger charge is -2.22. The fraction of sp³-hybridized carbons (Fsp3) is 0.375. The van der Waals surface area contributed by atoms with Crippen LogP contribution in [0.3, 0.4) is 0 Å². The Bertz CT molecular complexity index is 205. The van der Waals surface area contributed by atoms with Gasteiger partial charge in [-0.05, 0) is 0 Å². The first-order valence-electron chi connectivity index (χ1n) is 3.33. The Hall–Kier alpha value is -0.200. The topological polar surface area (TPSA) is 47.9 Å². The second kappa shape index (κ2) is 5.45. The zero-order valence-corrected chi connectivity index (χ0v) is 10.1. The zero-order valence-electron chi connectivity index (χ0n) is 7.82. The van der Waals surface area contributed by atoms with E-state index in [2.05, 4.69) is 26.1 Å². The molecule has 0 radical (unpaired) electrons. The average molecular weight is 282 g/mol. The smallest absolute Gasteiger partial charge is 0.135 e. The number of rotatable bonds is 1. The number of hydrogen-bond acceptors (Lipinski definition) is 2. The summed E-state index contributed by atoms with van der Waals surface area (Å²) >= 11 is 0. The summed E-state index contributed by atoms with van der Waals surface area (Å²) in [7, 11) is 6.40. The van der Waals surface area contributed by atoms with Gasteiger partial charge in [0.05, 0.1) is 21.1 Å². The molecule has 3 nitrogen and oxygen atoms in total. The molecule has 0 saturated carbocycles. The maximum absolute atomic E-state index is 3.95. The maximum Gasteiger partial charge on any atom is 0.135 e. The molecule has 0 spiro atoms. The Morgan fingerprint density at radius 3 is 1.75 bits per heavy atom. The van der Waals surface area contributed by atoms with E-state index in [1.807, 2.05) is 24.5 Å². The van der Waals surface area contributed by atoms with Crippen LogP contribution in [-0.4, -0.2) is 26.1 Å². The van der Waals surface area contributed by atoms with Crippen molar-refractivity contribution in [1.82, 2.24) is 15.6 Å². The fourth-order valence-corrected chi connectivity index (χ4v) is 0.791. The van der Waals surface area contributed by atoms with Gasteiger partial charge in [0, 0.05) is 24.5 Å². The molecule has 0 unspecified atom stereocenters. The van der Waals surface area contributed by atoms with Gasteiger partial charge in [-0.25, -0.2) is 0 Å². The molecule has 0 aliphatic rings. The van der Waals surface area contributed by atoms with Gasteiger partial charge in [-0.2, -0.15) is 0 Å². The number of hydrogen-bond donors (Lipinski definition) is 1. The molecule has 70 valence electrons. The summed E-state index contributed by atoms with van der Waals surface area (Å²) in [6.07, 6.45) is 3.64. The van der Waals surface area contributed by atoms with E-state index in [0.717, 1.165) is 4.48 Å². The third kappa shape index (κ3) is 3.99. The van der Waals surface area contributed by atoms with Gasteiger partial charge >= 0.3 is 0 Å². The number of nitrogens with zero attached hydrogens (tertiary/aromatic N) is 2. The number of pyridine rings is 1. The first-order valence-corrected chi connectivity index (χ1v) is 3.33. The van der Waals surface area contributed by atoms with Gasteiger partial charge in [0.2, 0.25) is 0 Å². The standard InChI is InChI=1S/C8H13N2.HI.H3N/c1-10(2,3)8-4-6-9-7-5-8;;/h4-7H,1-3H3;1H;1H3/q+1;;. The van der Waals surface area contributed by atoms with Crippen LogP contribution in [0, 0.1) is 0 Å². The van der Waals surface area contributed by atoms with E-state index in [4.69, 9.17) is 0 Å². The minimum absolute atomic E-state index is 0. The number of halogens is 1. The Labute approximate surface area is 91.0 Å². The minimum atomic E-state index is 0. The summed E-state index contributed by atoms with van der Waals surface area (Å²) in [4.78, 5) is 3.95. The van der Waals surface area contributed by atoms with Crippen molar-refractivity contribution in [3.05, 3.63) is 24.5 Å². The third-order valence-electron chi connectivity index (χ3n) is 1.44. The van der Waals surface area contributed by atoms with Gasteiger partial charge in [0.1, 0.15) is 5.69 Å². The van der Waals surface area contributed by atoms with Gasteiger partial charge < -0.3 is 6.15 Å². The summed E-state index contributed by atoms with van der Waals surface area (Å²) < 4.78 is 0.850. The molecule has 4 heteroatoms. The molecule has 0 aromatic carbocycles. The molecular formula is C8H17IN3+. The lowest BCUT2D eigenvalue weighted by molar-refractivity contribution is 0.486. The quantitative estimate of drug-likeness (QED) is 0.633. The van der Waals surface area contributed by atoms with Gasteiger partial charge in [-0.1, -0.05) is 0 Å². The molecule has 3 N–H and O–H groups in total. The maximum atomic E-state index is 3.95. The normalized spacial score (nSPS) is 9.58. The van der Waals surface area contributed by atoms with Crippen LogP contribution >= 0.6 is 24.0 Å². The second-order valence-electron chi connectivity index (χ2n) is 3.22. The van der Waals surface area contributed by atoms with Crippen molar-refractivity contribution in [3.63, 3.8) is 0 Å². The van der Waals surface area contributed by atoms with Crippen LogP contribution in [0.1, 0.15) is 0 Å². The van der Waals surface area contributed by atoms with Gasteiger partial charge in [0.25, 0.3) is 0 Å². The summed E-state index contributed by atoms with van der Waals surface area (Å²) in [6, 6.07) is 4.06. The summed E-state index contributed by atoms with van der Waals surface area (Å²) in [5.41, 5.74) is 1.27. The van der Waals surface area contributed by atoms with Gasteiger partial charge in [-0.15, -0.1) is 24.0 Å². The van der Waals surface area contributed by atoms with E-state index < -0.39 is 0 Å². The highest BCUT2D eigenvalue weighted by atomic mass is 127. The minimum Gasteiger partial charge on any atom is -0.344 e. The Balaban J connectivity index is 0. The first kappa shape index (κ1) is 14.3. The molecule has 12 heavy (non-hydrogen) atoms. The SMILES string of the molecule is C[N+](C)(C)c1ccncc1.I.N. The zero-order chi connectivity index (χ0) is 7.61. The molecule has 0 atom stereocenters. The van der Waals surface area contributed by atoms with E-state index >= 15 is 0 Å². The lowest BCUT2D eigenvalue weighted by Crippen LogP contribution is -2.34. The predicted molar refractivity (Wildman–Crippen MR) is 64.2 cm³/mol. The molecule has 1 heterocycles. The monoisotopic (exact) mass is 282 g/mol. The number of quaternary nitrogens is 1. The lowest BCUT2D eigenvalue weighted by atomic mass is 10.3. The molecule has 0 amide bonds. The van der Waals surface area contributed by atoms with E-state index in [9.17, 15) is 0 Å². The summed E-state index contributed by atoms with van der Waals surface area (Å²) in [5.74, 6) is 0. The fourth-order valence-electron chi connectivity index (χ4n) is 0.791. The summed E-state index contributed by atoms with van der Waals surface area (Å²) in [5, 5.41) is 0. The van der Waals surface area contributed by atoms with Crippen LogP contribution < -0.4 is 10.6 Å². The van der Waals surface area contributed by atoms with Gasteiger partial charge in [0.15, 0.2) is 0 Å². The van der Waals surface area contributed by atoms with Crippen molar-refractivity contribution in [2.45, 2.75) is 0 Å². The van der Waals surface area contributed by atoms with E-state index in [-0.39, 0.29) is 30.1 Å². The Morgan fingerprint density at radius 1 is 1.08 bits per heavy atom. The Kier molecular flexibility index (Phi) is 6.50. The van der Waals surface area contributed by atoms with Crippen molar-refractivity contribution in [3.8, 4) is 0 Å². The van der Waals surface area contributed by atoms with Crippen LogP contribution in [-0.2, 0) is 0 Å². The summed E-state index contributed by atoms with van der Waals surface area (Å²) in [6.45, 7) is 0. The second-order valence-corrected chi connectivity index (χ2v) is 3.22. The van der Waals surface area contributed by atoms with Crippen molar-refractivity contribution < 1.29 is 0 Å².